The molecule has 0 radical (unpaired) electrons. The lowest BCUT2D eigenvalue weighted by Crippen LogP contribution is -2.25. The molecule has 156 valence electrons. The fourth-order valence-corrected chi connectivity index (χ4v) is 4.03. The summed E-state index contributed by atoms with van der Waals surface area (Å²) < 4.78 is 37.5. The highest BCUT2D eigenvalue weighted by molar-refractivity contribution is 7.85. The largest absolute Gasteiger partial charge is 0.489 e. The maximum absolute atomic E-state index is 11.2. The van der Waals surface area contributed by atoms with Gasteiger partial charge in [0.2, 0.25) is 0 Å². The van der Waals surface area contributed by atoms with E-state index in [9.17, 15) is 8.42 Å². The van der Waals surface area contributed by atoms with Crippen molar-refractivity contribution in [2.75, 3.05) is 5.75 Å². The van der Waals surface area contributed by atoms with Crippen molar-refractivity contribution in [1.29, 1.82) is 0 Å². The van der Waals surface area contributed by atoms with Crippen LogP contribution in [0.2, 0.25) is 0 Å². The lowest BCUT2D eigenvalue weighted by atomic mass is 10.00. The van der Waals surface area contributed by atoms with Gasteiger partial charge in [-0.3, -0.25) is 4.55 Å². The zero-order chi connectivity index (χ0) is 20.1. The quantitative estimate of drug-likeness (QED) is 0.292. The van der Waals surface area contributed by atoms with Gasteiger partial charge in [0.1, 0.15) is 17.6 Å². The number of ether oxygens (including phenoxy) is 1. The average Bonchev–Trinajstić information content (AvgIpc) is 2.60. The molecular weight excluding hydrogens is 360 g/mol. The van der Waals surface area contributed by atoms with E-state index in [2.05, 4.69) is 19.9 Å². The molecule has 1 atom stereocenters. The van der Waals surface area contributed by atoms with E-state index in [1.54, 1.807) is 0 Å². The van der Waals surface area contributed by atoms with E-state index < -0.39 is 16.2 Å². The van der Waals surface area contributed by atoms with E-state index in [1.807, 2.05) is 19.1 Å². The maximum Gasteiger partial charge on any atom is 0.268 e. The second-order valence-corrected chi connectivity index (χ2v) is 9.00. The van der Waals surface area contributed by atoms with Gasteiger partial charge in [-0.2, -0.15) is 8.42 Å². The van der Waals surface area contributed by atoms with Crippen molar-refractivity contribution in [3.8, 4) is 5.75 Å². The molecule has 0 aliphatic carbocycles. The number of hydrogen-bond donors (Lipinski definition) is 1. The molecule has 5 heteroatoms. The smallest absolute Gasteiger partial charge is 0.268 e. The monoisotopic (exact) mass is 398 g/mol. The molecule has 1 unspecified atom stereocenters. The van der Waals surface area contributed by atoms with Gasteiger partial charge in [-0.05, 0) is 55.4 Å². The number of aryl methyl sites for hydroxylation is 2. The second-order valence-electron chi connectivity index (χ2n) is 7.50. The molecule has 0 heterocycles. The van der Waals surface area contributed by atoms with Crippen LogP contribution >= 0.6 is 0 Å². The van der Waals surface area contributed by atoms with E-state index in [4.69, 9.17) is 9.29 Å². The Labute approximate surface area is 166 Å². The third kappa shape index (κ3) is 11.4. The molecule has 27 heavy (non-hydrogen) atoms. The van der Waals surface area contributed by atoms with Gasteiger partial charge in [0.25, 0.3) is 10.1 Å². The Balaban J connectivity index is 2.84. The predicted octanol–water partition coefficient (Wildman–Crippen LogP) is 5.98. The third-order valence-corrected chi connectivity index (χ3v) is 5.61. The van der Waals surface area contributed by atoms with Gasteiger partial charge in [-0.1, -0.05) is 65.4 Å². The first-order chi connectivity index (χ1) is 12.9. The molecule has 0 bridgehead atoms. The lowest BCUT2D eigenvalue weighted by molar-refractivity contribution is 0.216. The van der Waals surface area contributed by atoms with Crippen LogP contribution in [-0.2, 0) is 23.0 Å². The van der Waals surface area contributed by atoms with Gasteiger partial charge in [0, 0.05) is 0 Å². The molecule has 4 nitrogen and oxygen atoms in total. The number of benzene rings is 1. The number of rotatable bonds is 15. The average molecular weight is 399 g/mol. The zero-order valence-corrected chi connectivity index (χ0v) is 18.2. The van der Waals surface area contributed by atoms with E-state index >= 15 is 0 Å². The summed E-state index contributed by atoms with van der Waals surface area (Å²) in [6.07, 6.45) is 11.8. The molecule has 0 aliphatic rings. The van der Waals surface area contributed by atoms with Crippen LogP contribution in [0.25, 0.3) is 0 Å². The molecule has 0 amide bonds. The third-order valence-electron chi connectivity index (χ3n) is 4.82. The standard InChI is InChI=1S/C22H38O4S/c1-4-7-9-11-13-19-15-20(14-12-10-8-5-2)17-22(16-19)26-21(6-3)18-27(23,24)25/h15-17,21H,4-14,18H2,1-3H3,(H,23,24,25). The summed E-state index contributed by atoms with van der Waals surface area (Å²) in [5.74, 6) is 0.361. The van der Waals surface area contributed by atoms with E-state index in [1.165, 1.54) is 49.7 Å². The molecule has 1 aromatic carbocycles. The summed E-state index contributed by atoms with van der Waals surface area (Å²) in [5, 5.41) is 0. The Morgan fingerprint density at radius 2 is 1.37 bits per heavy atom. The summed E-state index contributed by atoms with van der Waals surface area (Å²) in [7, 11) is -4.04. The van der Waals surface area contributed by atoms with Gasteiger partial charge in [-0.25, -0.2) is 0 Å². The van der Waals surface area contributed by atoms with E-state index in [0.29, 0.717) is 6.42 Å². The van der Waals surface area contributed by atoms with Crippen LogP contribution in [0.1, 0.15) is 89.7 Å². The van der Waals surface area contributed by atoms with Crippen LogP contribution in [0.15, 0.2) is 18.2 Å². The second kappa shape index (κ2) is 13.2. The molecule has 0 saturated carbocycles. The summed E-state index contributed by atoms with van der Waals surface area (Å²) in [6, 6.07) is 6.34. The van der Waals surface area contributed by atoms with Gasteiger partial charge >= 0.3 is 0 Å². The topological polar surface area (TPSA) is 63.6 Å². The van der Waals surface area contributed by atoms with Crippen LogP contribution < -0.4 is 4.74 Å². The van der Waals surface area contributed by atoms with E-state index in [0.717, 1.165) is 31.4 Å². The first-order valence-electron chi connectivity index (χ1n) is 10.6. The van der Waals surface area contributed by atoms with Crippen molar-refractivity contribution >= 4 is 10.1 Å². The van der Waals surface area contributed by atoms with Crippen LogP contribution in [0.4, 0.5) is 0 Å². The van der Waals surface area contributed by atoms with Crippen molar-refractivity contribution in [3.63, 3.8) is 0 Å². The van der Waals surface area contributed by atoms with Crippen molar-refractivity contribution < 1.29 is 17.7 Å². The highest BCUT2D eigenvalue weighted by Gasteiger charge is 2.17. The maximum atomic E-state index is 11.2. The van der Waals surface area contributed by atoms with Crippen molar-refractivity contribution in [2.45, 2.75) is 97.5 Å². The molecule has 1 N–H and O–H groups in total. The molecule has 1 rings (SSSR count). The van der Waals surface area contributed by atoms with Gasteiger partial charge in [-0.15, -0.1) is 0 Å². The highest BCUT2D eigenvalue weighted by Crippen LogP contribution is 2.23. The molecule has 0 aromatic heterocycles. The molecule has 0 aliphatic heterocycles. The first kappa shape index (κ1) is 24.0. The van der Waals surface area contributed by atoms with Gasteiger partial charge in [0.05, 0.1) is 0 Å². The molecule has 0 saturated heterocycles. The highest BCUT2D eigenvalue weighted by atomic mass is 32.2. The SMILES string of the molecule is CCCCCCc1cc(CCCCCC)cc(OC(CC)CS(=O)(=O)O)c1. The Hall–Kier alpha value is -1.07. The van der Waals surface area contributed by atoms with Crippen LogP contribution in [0, 0.1) is 0 Å². The molecule has 1 aromatic rings. The van der Waals surface area contributed by atoms with Crippen LogP contribution in [0.5, 0.6) is 5.75 Å². The zero-order valence-electron chi connectivity index (χ0n) is 17.4. The van der Waals surface area contributed by atoms with E-state index in [-0.39, 0.29) is 5.75 Å². The number of hydrogen-bond acceptors (Lipinski definition) is 3. The van der Waals surface area contributed by atoms with Crippen molar-refractivity contribution in [1.82, 2.24) is 0 Å². The fraction of sp³-hybridized carbons (Fsp3) is 0.727. The Bertz CT molecular complexity index is 595. The minimum Gasteiger partial charge on any atom is -0.489 e. The summed E-state index contributed by atoms with van der Waals surface area (Å²) in [4.78, 5) is 0. The Morgan fingerprint density at radius 3 is 1.78 bits per heavy atom. The van der Waals surface area contributed by atoms with Gasteiger partial charge in [0.15, 0.2) is 0 Å². The fourth-order valence-electron chi connectivity index (χ4n) is 3.26. The van der Waals surface area contributed by atoms with Gasteiger partial charge < -0.3 is 4.74 Å². The minimum absolute atomic E-state index is 0.365. The molecule has 0 fully saturated rings. The number of unbranched alkanes of at least 4 members (excludes halogenated alkanes) is 6. The summed E-state index contributed by atoms with van der Waals surface area (Å²) >= 11 is 0. The minimum atomic E-state index is -4.04. The lowest BCUT2D eigenvalue weighted by Gasteiger charge is -2.18. The molecule has 0 spiro atoms. The Kier molecular flexibility index (Phi) is 11.7. The predicted molar refractivity (Wildman–Crippen MR) is 113 cm³/mol. The summed E-state index contributed by atoms with van der Waals surface area (Å²) in [6.45, 7) is 6.29. The van der Waals surface area contributed by atoms with Crippen LogP contribution in [0.3, 0.4) is 0 Å². The first-order valence-corrected chi connectivity index (χ1v) is 12.2. The molecular formula is C22H38O4S. The normalized spacial score (nSPS) is 12.9. The van der Waals surface area contributed by atoms with Crippen LogP contribution in [-0.4, -0.2) is 24.8 Å². The van der Waals surface area contributed by atoms with Crippen molar-refractivity contribution in [3.05, 3.63) is 29.3 Å². The van der Waals surface area contributed by atoms with Crippen molar-refractivity contribution in [2.24, 2.45) is 0 Å². The Morgan fingerprint density at radius 1 is 0.852 bits per heavy atom. The summed E-state index contributed by atoms with van der Waals surface area (Å²) in [5.41, 5.74) is 2.52.